The summed E-state index contributed by atoms with van der Waals surface area (Å²) < 4.78 is 25.3. The predicted molar refractivity (Wildman–Crippen MR) is 103 cm³/mol. The van der Waals surface area contributed by atoms with Crippen LogP contribution in [-0.2, 0) is 22.7 Å². The average molecular weight is 367 g/mol. The lowest BCUT2D eigenvalue weighted by Crippen LogP contribution is -2.04. The first kappa shape index (κ1) is 18.4. The zero-order valence-electron chi connectivity index (χ0n) is 13.3. The lowest BCUT2D eigenvalue weighted by Gasteiger charge is -2.09. The van der Waals surface area contributed by atoms with Crippen LogP contribution in [-0.4, -0.2) is 18.9 Å². The lowest BCUT2D eigenvalue weighted by atomic mass is 10.1. The maximum Gasteiger partial charge on any atom is 0.206 e. The quantitative estimate of drug-likeness (QED) is 0.750. The zero-order valence-corrected chi connectivity index (χ0v) is 15.9. The number of thiol groups is 2. The van der Waals surface area contributed by atoms with Gasteiger partial charge in [-0.15, -0.1) is 0 Å². The molecule has 0 saturated heterocycles. The van der Waals surface area contributed by atoms with Crippen molar-refractivity contribution in [1.29, 1.82) is 0 Å². The van der Waals surface area contributed by atoms with Gasteiger partial charge in [0.05, 0.1) is 9.79 Å². The van der Waals surface area contributed by atoms with Crippen LogP contribution in [0, 0.1) is 0 Å². The van der Waals surface area contributed by atoms with E-state index in [0.29, 0.717) is 9.79 Å². The molecule has 2 aromatic rings. The minimum absolute atomic E-state index is 0.249. The first-order valence-corrected chi connectivity index (χ1v) is 10.1. The summed E-state index contributed by atoms with van der Waals surface area (Å²) in [5.41, 5.74) is 2.18. The molecule has 0 aliphatic carbocycles. The Kier molecular flexibility index (Phi) is 6.23. The van der Waals surface area contributed by atoms with Crippen LogP contribution in [0.3, 0.4) is 0 Å². The molecule has 0 bridgehead atoms. The van der Waals surface area contributed by atoms with Gasteiger partial charge in [-0.05, 0) is 48.2 Å². The molecule has 0 amide bonds. The Morgan fingerprint density at radius 1 is 0.739 bits per heavy atom. The highest BCUT2D eigenvalue weighted by molar-refractivity contribution is 7.91. The number of sulfone groups is 1. The third-order valence-corrected chi connectivity index (χ3v) is 5.68. The van der Waals surface area contributed by atoms with Crippen LogP contribution < -0.4 is 0 Å². The lowest BCUT2D eigenvalue weighted by molar-refractivity contribution is 0.596. The predicted octanol–water partition coefficient (Wildman–Crippen LogP) is 4.24. The number of hydrogen-bond donors (Lipinski definition) is 2. The summed E-state index contributed by atoms with van der Waals surface area (Å²) in [5, 5.41) is 0.499. The highest BCUT2D eigenvalue weighted by atomic mass is 32.2. The molecule has 0 N–H and O–H groups in total. The summed E-state index contributed by atoms with van der Waals surface area (Å²) in [6, 6.07) is 14.1. The van der Waals surface area contributed by atoms with Crippen molar-refractivity contribution in [3.63, 3.8) is 0 Å². The smallest absolute Gasteiger partial charge is 0.206 e. The van der Waals surface area contributed by atoms with Crippen LogP contribution in [0.4, 0.5) is 0 Å². The van der Waals surface area contributed by atoms with E-state index in [4.69, 9.17) is 0 Å². The van der Waals surface area contributed by atoms with Gasteiger partial charge >= 0.3 is 0 Å². The van der Waals surface area contributed by atoms with Crippen molar-refractivity contribution >= 4 is 35.1 Å². The molecule has 0 heterocycles. The SMILES string of the molecule is CC(S)Cc1ccc(S(=O)(=O)c2ccc(CC(C)S)cc2)cc1. The second kappa shape index (κ2) is 7.77. The molecule has 2 rings (SSSR count). The molecule has 0 saturated carbocycles. The average Bonchev–Trinajstić information content (AvgIpc) is 2.47. The molecule has 0 fully saturated rings. The third-order valence-electron chi connectivity index (χ3n) is 3.53. The van der Waals surface area contributed by atoms with Gasteiger partial charge in [-0.3, -0.25) is 0 Å². The van der Waals surface area contributed by atoms with Gasteiger partial charge < -0.3 is 0 Å². The topological polar surface area (TPSA) is 34.1 Å². The van der Waals surface area contributed by atoms with Gasteiger partial charge in [0.2, 0.25) is 9.84 Å². The highest BCUT2D eigenvalue weighted by Crippen LogP contribution is 2.22. The maximum absolute atomic E-state index is 12.7. The third kappa shape index (κ3) is 5.03. The van der Waals surface area contributed by atoms with E-state index in [1.165, 1.54) is 0 Å². The molecule has 0 radical (unpaired) electrons. The molecule has 2 atom stereocenters. The van der Waals surface area contributed by atoms with E-state index < -0.39 is 9.84 Å². The second-order valence-electron chi connectivity index (χ2n) is 5.90. The van der Waals surface area contributed by atoms with Crippen molar-refractivity contribution in [2.45, 2.75) is 47.0 Å². The van der Waals surface area contributed by atoms with Crippen LogP contribution in [0.1, 0.15) is 25.0 Å². The number of rotatable bonds is 6. The molecule has 0 aromatic heterocycles. The van der Waals surface area contributed by atoms with E-state index in [1.807, 2.05) is 38.1 Å². The Labute approximate surface area is 150 Å². The van der Waals surface area contributed by atoms with E-state index in [-0.39, 0.29) is 10.5 Å². The van der Waals surface area contributed by atoms with Crippen LogP contribution in [0.25, 0.3) is 0 Å². The summed E-state index contributed by atoms with van der Waals surface area (Å²) >= 11 is 8.72. The Balaban J connectivity index is 2.23. The molecule has 2 aromatic carbocycles. The van der Waals surface area contributed by atoms with Crippen LogP contribution in [0.15, 0.2) is 58.3 Å². The zero-order chi connectivity index (χ0) is 17.0. The van der Waals surface area contributed by atoms with Gasteiger partial charge in [0, 0.05) is 10.5 Å². The monoisotopic (exact) mass is 366 g/mol. The van der Waals surface area contributed by atoms with E-state index in [0.717, 1.165) is 24.0 Å². The molecular weight excluding hydrogens is 344 g/mol. The molecule has 2 unspecified atom stereocenters. The van der Waals surface area contributed by atoms with Gasteiger partial charge in [0.15, 0.2) is 0 Å². The normalized spacial score (nSPS) is 14.4. The first-order valence-electron chi connectivity index (χ1n) is 7.58. The first-order chi connectivity index (χ1) is 10.8. The van der Waals surface area contributed by atoms with Crippen molar-refractivity contribution in [3.05, 3.63) is 59.7 Å². The molecule has 124 valence electrons. The largest absolute Gasteiger partial charge is 0.219 e. The number of benzene rings is 2. The second-order valence-corrected chi connectivity index (χ2v) is 9.61. The molecule has 0 aliphatic heterocycles. The summed E-state index contributed by atoms with van der Waals surface area (Å²) in [4.78, 5) is 0.645. The van der Waals surface area contributed by atoms with Gasteiger partial charge in [-0.2, -0.15) is 25.3 Å². The van der Waals surface area contributed by atoms with E-state index in [9.17, 15) is 8.42 Å². The van der Waals surface area contributed by atoms with Crippen LogP contribution in [0.2, 0.25) is 0 Å². The summed E-state index contributed by atoms with van der Waals surface area (Å²) in [5.74, 6) is 0. The van der Waals surface area contributed by atoms with E-state index in [1.54, 1.807) is 24.3 Å². The van der Waals surface area contributed by atoms with Crippen molar-refractivity contribution in [2.24, 2.45) is 0 Å². The van der Waals surface area contributed by atoms with Crippen LogP contribution in [0.5, 0.6) is 0 Å². The highest BCUT2D eigenvalue weighted by Gasteiger charge is 2.17. The molecule has 0 spiro atoms. The van der Waals surface area contributed by atoms with Crippen LogP contribution >= 0.6 is 25.3 Å². The van der Waals surface area contributed by atoms with E-state index >= 15 is 0 Å². The van der Waals surface area contributed by atoms with E-state index in [2.05, 4.69) is 25.3 Å². The Hall–Kier alpha value is -0.910. The van der Waals surface area contributed by atoms with Gasteiger partial charge in [-0.1, -0.05) is 38.1 Å². The molecule has 2 nitrogen and oxygen atoms in total. The van der Waals surface area contributed by atoms with Crippen molar-refractivity contribution in [1.82, 2.24) is 0 Å². The molecule has 23 heavy (non-hydrogen) atoms. The van der Waals surface area contributed by atoms with Gasteiger partial charge in [0.1, 0.15) is 0 Å². The Morgan fingerprint density at radius 3 is 1.30 bits per heavy atom. The molecule has 0 aliphatic rings. The fourth-order valence-electron chi connectivity index (χ4n) is 2.43. The van der Waals surface area contributed by atoms with Gasteiger partial charge in [-0.25, -0.2) is 8.42 Å². The minimum Gasteiger partial charge on any atom is -0.219 e. The molecule has 5 heteroatoms. The fraction of sp³-hybridized carbons (Fsp3) is 0.333. The molecular formula is C18H22O2S3. The Morgan fingerprint density at radius 2 is 1.04 bits per heavy atom. The van der Waals surface area contributed by atoms with Gasteiger partial charge in [0.25, 0.3) is 0 Å². The summed E-state index contributed by atoms with van der Waals surface area (Å²) in [6.07, 6.45) is 1.64. The van der Waals surface area contributed by atoms with Crippen molar-refractivity contribution in [2.75, 3.05) is 0 Å². The summed E-state index contributed by atoms with van der Waals surface area (Å²) in [7, 11) is -3.47. The maximum atomic E-state index is 12.7. The Bertz CT molecular complexity index is 671. The minimum atomic E-state index is -3.47. The number of hydrogen-bond acceptors (Lipinski definition) is 4. The fourth-order valence-corrected chi connectivity index (χ4v) is 4.11. The van der Waals surface area contributed by atoms with Crippen molar-refractivity contribution < 1.29 is 8.42 Å². The van der Waals surface area contributed by atoms with Crippen molar-refractivity contribution in [3.8, 4) is 0 Å². The summed E-state index contributed by atoms with van der Waals surface area (Å²) in [6.45, 7) is 4.03. The standard InChI is InChI=1S/C18H22O2S3/c1-13(21)11-15-3-7-17(8-4-15)23(19,20)18-9-5-16(6-10-18)12-14(2)22/h3-10,13-14,21-22H,11-12H2,1-2H3.